The molecule has 1 aliphatic rings. The molecule has 1 unspecified atom stereocenters. The summed E-state index contributed by atoms with van der Waals surface area (Å²) < 4.78 is 13.3. The molecule has 0 saturated heterocycles. The molecular weight excluding hydrogens is 319 g/mol. The molecule has 1 aliphatic carbocycles. The maximum Gasteiger partial charge on any atom is 0.226 e. The minimum absolute atomic E-state index is 0.104. The lowest BCUT2D eigenvalue weighted by Gasteiger charge is -2.27. The molecule has 1 aromatic heterocycles. The van der Waals surface area contributed by atoms with E-state index in [2.05, 4.69) is 15.3 Å². The van der Waals surface area contributed by atoms with Crippen molar-refractivity contribution >= 4 is 11.6 Å². The Morgan fingerprint density at radius 3 is 2.64 bits per heavy atom. The maximum atomic E-state index is 13.3. The average Bonchev–Trinajstić information content (AvgIpc) is 2.63. The molecule has 6 heteroatoms. The molecule has 132 valence electrons. The number of halogens is 1. The van der Waals surface area contributed by atoms with Gasteiger partial charge in [-0.3, -0.25) is 4.79 Å². The fraction of sp³-hybridized carbons (Fsp3) is 0.421. The fourth-order valence-electron chi connectivity index (χ4n) is 3.32. The zero-order valence-electron chi connectivity index (χ0n) is 14.1. The van der Waals surface area contributed by atoms with Gasteiger partial charge in [-0.25, -0.2) is 14.4 Å². The number of hydrogen-bond donors (Lipinski definition) is 2. The first-order chi connectivity index (χ1) is 12.1. The molecule has 3 rings (SSSR count). The number of benzene rings is 1. The highest BCUT2D eigenvalue weighted by Crippen LogP contribution is 2.27. The lowest BCUT2D eigenvalue weighted by atomic mass is 9.83. The first kappa shape index (κ1) is 17.5. The summed E-state index contributed by atoms with van der Waals surface area (Å²) in [4.78, 5) is 20.5. The Morgan fingerprint density at radius 2 is 1.96 bits per heavy atom. The van der Waals surface area contributed by atoms with Gasteiger partial charge in [0.25, 0.3) is 0 Å². The van der Waals surface area contributed by atoms with E-state index in [4.69, 9.17) is 5.73 Å². The topological polar surface area (TPSA) is 80.9 Å². The van der Waals surface area contributed by atoms with Gasteiger partial charge in [-0.05, 0) is 30.9 Å². The third kappa shape index (κ3) is 4.82. The smallest absolute Gasteiger partial charge is 0.226 e. The molecule has 1 saturated carbocycles. The summed E-state index contributed by atoms with van der Waals surface area (Å²) >= 11 is 0. The molecule has 0 radical (unpaired) electrons. The Bertz CT molecular complexity index is 714. The lowest BCUT2D eigenvalue weighted by molar-refractivity contribution is -0.116. The Morgan fingerprint density at radius 1 is 1.24 bits per heavy atom. The van der Waals surface area contributed by atoms with Gasteiger partial charge < -0.3 is 11.1 Å². The average molecular weight is 342 g/mol. The molecular formula is C19H23FN4O. The lowest BCUT2D eigenvalue weighted by Crippen LogP contribution is -2.35. The minimum Gasteiger partial charge on any atom is -0.327 e. The molecule has 1 aromatic carbocycles. The zero-order chi connectivity index (χ0) is 17.6. The SMILES string of the molecule is NC(CC(=O)Nc1cnc(-c2cccc(F)c2)nc1)C1CCCCC1. The Balaban J connectivity index is 1.56. The number of rotatable bonds is 5. The number of nitrogens with one attached hydrogen (secondary N) is 1. The largest absolute Gasteiger partial charge is 0.327 e. The third-order valence-electron chi connectivity index (χ3n) is 4.69. The van der Waals surface area contributed by atoms with Gasteiger partial charge in [0.15, 0.2) is 5.82 Å². The van der Waals surface area contributed by atoms with Crippen LogP contribution in [0.25, 0.3) is 11.4 Å². The quantitative estimate of drug-likeness (QED) is 0.871. The second-order valence-electron chi connectivity index (χ2n) is 6.62. The first-order valence-electron chi connectivity index (χ1n) is 8.75. The van der Waals surface area contributed by atoms with E-state index in [1.54, 1.807) is 12.1 Å². The van der Waals surface area contributed by atoms with Crippen molar-refractivity contribution in [1.29, 1.82) is 0 Å². The van der Waals surface area contributed by atoms with Crippen LogP contribution < -0.4 is 11.1 Å². The molecule has 1 atom stereocenters. The number of anilines is 1. The van der Waals surface area contributed by atoms with Crippen molar-refractivity contribution < 1.29 is 9.18 Å². The van der Waals surface area contributed by atoms with Gasteiger partial charge in [0.1, 0.15) is 5.82 Å². The van der Waals surface area contributed by atoms with Crippen LogP contribution in [0.1, 0.15) is 38.5 Å². The second-order valence-corrected chi connectivity index (χ2v) is 6.62. The summed E-state index contributed by atoms with van der Waals surface area (Å²) in [6.07, 6.45) is 9.25. The van der Waals surface area contributed by atoms with E-state index in [9.17, 15) is 9.18 Å². The number of hydrogen-bond acceptors (Lipinski definition) is 4. The van der Waals surface area contributed by atoms with E-state index in [-0.39, 0.29) is 17.8 Å². The highest BCUT2D eigenvalue weighted by molar-refractivity contribution is 5.90. The van der Waals surface area contributed by atoms with Crippen LogP contribution in [0.5, 0.6) is 0 Å². The van der Waals surface area contributed by atoms with E-state index in [1.165, 1.54) is 43.8 Å². The highest BCUT2D eigenvalue weighted by atomic mass is 19.1. The maximum absolute atomic E-state index is 13.3. The van der Waals surface area contributed by atoms with E-state index in [1.807, 2.05) is 0 Å². The first-order valence-corrected chi connectivity index (χ1v) is 8.75. The van der Waals surface area contributed by atoms with Crippen molar-refractivity contribution in [1.82, 2.24) is 9.97 Å². The van der Waals surface area contributed by atoms with E-state index >= 15 is 0 Å². The van der Waals surface area contributed by atoms with E-state index in [0.717, 1.165) is 12.8 Å². The standard InChI is InChI=1S/C19H23FN4O/c20-15-8-4-7-14(9-15)19-22-11-16(12-23-19)24-18(25)10-17(21)13-5-2-1-3-6-13/h4,7-9,11-13,17H,1-3,5-6,10,21H2,(H,24,25). The molecule has 0 spiro atoms. The molecule has 5 nitrogen and oxygen atoms in total. The summed E-state index contributed by atoms with van der Waals surface area (Å²) in [5.74, 6) is 0.387. The van der Waals surface area contributed by atoms with Crippen LogP contribution in [0, 0.1) is 11.7 Å². The van der Waals surface area contributed by atoms with Crippen LogP contribution in [0.3, 0.4) is 0 Å². The van der Waals surface area contributed by atoms with Crippen molar-refractivity contribution in [3.8, 4) is 11.4 Å². The summed E-state index contributed by atoms with van der Waals surface area (Å²) in [5.41, 5.74) is 7.30. The van der Waals surface area contributed by atoms with Crippen molar-refractivity contribution in [3.63, 3.8) is 0 Å². The van der Waals surface area contributed by atoms with Gasteiger partial charge in [0.2, 0.25) is 5.91 Å². The monoisotopic (exact) mass is 342 g/mol. The van der Waals surface area contributed by atoms with E-state index in [0.29, 0.717) is 29.4 Å². The molecule has 0 bridgehead atoms. The Hall–Kier alpha value is -2.34. The van der Waals surface area contributed by atoms with Gasteiger partial charge in [0.05, 0.1) is 18.1 Å². The van der Waals surface area contributed by atoms with Gasteiger partial charge >= 0.3 is 0 Å². The van der Waals surface area contributed by atoms with Crippen LogP contribution >= 0.6 is 0 Å². The number of amides is 1. The second kappa shape index (κ2) is 8.16. The predicted octanol–water partition coefficient (Wildman–Crippen LogP) is 3.52. The molecule has 0 aliphatic heterocycles. The van der Waals surface area contributed by atoms with Gasteiger partial charge in [-0.1, -0.05) is 31.4 Å². The summed E-state index contributed by atoms with van der Waals surface area (Å²) in [7, 11) is 0. The van der Waals surface area contributed by atoms with Gasteiger partial charge in [-0.2, -0.15) is 0 Å². The normalized spacial score (nSPS) is 16.4. The van der Waals surface area contributed by atoms with Crippen LogP contribution in [-0.4, -0.2) is 21.9 Å². The van der Waals surface area contributed by atoms with Crippen molar-refractivity contribution in [2.75, 3.05) is 5.32 Å². The zero-order valence-corrected chi connectivity index (χ0v) is 14.1. The number of nitrogens with zero attached hydrogens (tertiary/aromatic N) is 2. The van der Waals surface area contributed by atoms with Crippen molar-refractivity contribution in [3.05, 3.63) is 42.5 Å². The van der Waals surface area contributed by atoms with Crippen LogP contribution in [-0.2, 0) is 4.79 Å². The van der Waals surface area contributed by atoms with Crippen LogP contribution in [0.15, 0.2) is 36.7 Å². The minimum atomic E-state index is -0.338. The highest BCUT2D eigenvalue weighted by Gasteiger charge is 2.22. The Kier molecular flexibility index (Phi) is 5.71. The molecule has 1 heterocycles. The molecule has 3 N–H and O–H groups in total. The summed E-state index contributed by atoms with van der Waals surface area (Å²) in [6.45, 7) is 0. The van der Waals surface area contributed by atoms with E-state index < -0.39 is 0 Å². The number of carbonyl (C=O) groups is 1. The fourth-order valence-corrected chi connectivity index (χ4v) is 3.32. The Labute approximate surface area is 146 Å². The number of aromatic nitrogens is 2. The van der Waals surface area contributed by atoms with Crippen LogP contribution in [0.4, 0.5) is 10.1 Å². The molecule has 1 amide bonds. The number of carbonyl (C=O) groups excluding carboxylic acids is 1. The van der Waals surface area contributed by atoms with Crippen LogP contribution in [0.2, 0.25) is 0 Å². The van der Waals surface area contributed by atoms with Gasteiger partial charge in [0, 0.05) is 18.0 Å². The molecule has 1 fully saturated rings. The predicted molar refractivity (Wildman–Crippen MR) is 95.2 cm³/mol. The van der Waals surface area contributed by atoms with Crippen molar-refractivity contribution in [2.45, 2.75) is 44.6 Å². The molecule has 25 heavy (non-hydrogen) atoms. The summed E-state index contributed by atoms with van der Waals surface area (Å²) in [5, 5.41) is 2.78. The third-order valence-corrected chi connectivity index (χ3v) is 4.69. The number of nitrogens with two attached hydrogens (primary N) is 1. The molecule has 2 aromatic rings. The van der Waals surface area contributed by atoms with Crippen molar-refractivity contribution in [2.24, 2.45) is 11.7 Å². The summed E-state index contributed by atoms with van der Waals surface area (Å²) in [6, 6.07) is 5.98. The van der Waals surface area contributed by atoms with Gasteiger partial charge in [-0.15, -0.1) is 0 Å².